The minimum absolute atomic E-state index is 0.185. The van der Waals surface area contributed by atoms with Crippen molar-refractivity contribution in [2.24, 2.45) is 5.92 Å². The first-order valence-corrected chi connectivity index (χ1v) is 8.67. The number of aryl methyl sites for hydroxylation is 1. The molecule has 0 spiro atoms. The average Bonchev–Trinajstić information content (AvgIpc) is 3.24. The highest BCUT2D eigenvalue weighted by Gasteiger charge is 2.30. The van der Waals surface area contributed by atoms with Gasteiger partial charge in [0.1, 0.15) is 12.7 Å². The maximum absolute atomic E-state index is 12.4. The van der Waals surface area contributed by atoms with Crippen molar-refractivity contribution >= 4 is 5.91 Å². The summed E-state index contributed by atoms with van der Waals surface area (Å²) in [6.07, 6.45) is 11.9. The van der Waals surface area contributed by atoms with Crippen molar-refractivity contribution in [2.45, 2.75) is 57.5 Å². The van der Waals surface area contributed by atoms with Gasteiger partial charge in [-0.15, -0.1) is 10.2 Å². The molecule has 122 valence electrons. The van der Waals surface area contributed by atoms with Gasteiger partial charge in [-0.3, -0.25) is 9.69 Å². The van der Waals surface area contributed by atoms with E-state index in [1.165, 1.54) is 32.2 Å². The van der Waals surface area contributed by atoms with Gasteiger partial charge >= 0.3 is 0 Å². The topological polar surface area (TPSA) is 63.1 Å². The predicted octanol–water partition coefficient (Wildman–Crippen LogP) is 1.44. The van der Waals surface area contributed by atoms with Crippen LogP contribution < -0.4 is 5.32 Å². The molecule has 2 heterocycles. The number of nitrogens with zero attached hydrogens (tertiary/aromatic N) is 4. The van der Waals surface area contributed by atoms with Gasteiger partial charge in [0.05, 0.1) is 5.92 Å². The minimum Gasteiger partial charge on any atom is -0.356 e. The number of rotatable bonds is 6. The minimum atomic E-state index is 0.185. The Kier molecular flexibility index (Phi) is 5.43. The molecule has 0 unspecified atom stereocenters. The fraction of sp³-hybridized carbons (Fsp3) is 0.812. The maximum Gasteiger partial charge on any atom is 0.224 e. The second-order valence-electron chi connectivity index (χ2n) is 6.62. The lowest BCUT2D eigenvalue weighted by Crippen LogP contribution is -2.46. The van der Waals surface area contributed by atoms with E-state index in [1.807, 2.05) is 4.57 Å². The summed E-state index contributed by atoms with van der Waals surface area (Å²) in [5.41, 5.74) is 0. The Morgan fingerprint density at radius 2 is 1.91 bits per heavy atom. The zero-order valence-electron chi connectivity index (χ0n) is 13.3. The Labute approximate surface area is 132 Å². The third-order valence-electron chi connectivity index (χ3n) is 5.02. The Hall–Kier alpha value is -1.43. The second kappa shape index (κ2) is 7.72. The van der Waals surface area contributed by atoms with E-state index in [0.717, 1.165) is 44.9 Å². The SMILES string of the molecule is O=C(NCCCn1cnnc1)[C@@H]1CCCN(C2CCCC2)C1. The summed E-state index contributed by atoms with van der Waals surface area (Å²) in [4.78, 5) is 14.9. The number of likely N-dealkylation sites (tertiary alicyclic amines) is 1. The lowest BCUT2D eigenvalue weighted by Gasteiger charge is -2.36. The van der Waals surface area contributed by atoms with Gasteiger partial charge in [-0.2, -0.15) is 0 Å². The molecule has 1 atom stereocenters. The quantitative estimate of drug-likeness (QED) is 0.808. The molecule has 1 saturated carbocycles. The van der Waals surface area contributed by atoms with E-state index in [2.05, 4.69) is 20.4 Å². The Morgan fingerprint density at radius 3 is 2.68 bits per heavy atom. The van der Waals surface area contributed by atoms with Gasteiger partial charge in [-0.05, 0) is 38.6 Å². The van der Waals surface area contributed by atoms with Crippen LogP contribution in [0.5, 0.6) is 0 Å². The second-order valence-corrected chi connectivity index (χ2v) is 6.62. The van der Waals surface area contributed by atoms with E-state index in [0.29, 0.717) is 0 Å². The zero-order valence-corrected chi connectivity index (χ0v) is 13.3. The van der Waals surface area contributed by atoms with Gasteiger partial charge in [0.25, 0.3) is 0 Å². The van der Waals surface area contributed by atoms with Crippen LogP contribution in [0.25, 0.3) is 0 Å². The van der Waals surface area contributed by atoms with Gasteiger partial charge in [-0.1, -0.05) is 12.8 Å². The molecule has 22 heavy (non-hydrogen) atoms. The van der Waals surface area contributed by atoms with Crippen molar-refractivity contribution in [3.63, 3.8) is 0 Å². The van der Waals surface area contributed by atoms with E-state index in [4.69, 9.17) is 0 Å². The molecule has 2 aliphatic rings. The van der Waals surface area contributed by atoms with E-state index in [-0.39, 0.29) is 11.8 Å². The summed E-state index contributed by atoms with van der Waals surface area (Å²) < 4.78 is 1.94. The Bertz CT molecular complexity index is 455. The molecule has 1 aromatic heterocycles. The number of carbonyl (C=O) groups excluding carboxylic acids is 1. The number of hydrogen-bond acceptors (Lipinski definition) is 4. The highest BCUT2D eigenvalue weighted by Crippen LogP contribution is 2.27. The summed E-state index contributed by atoms with van der Waals surface area (Å²) in [6, 6.07) is 0.740. The van der Waals surface area contributed by atoms with Crippen LogP contribution in [-0.4, -0.2) is 51.2 Å². The first-order chi connectivity index (χ1) is 10.8. The molecular weight excluding hydrogens is 278 g/mol. The average molecular weight is 305 g/mol. The van der Waals surface area contributed by atoms with Gasteiger partial charge in [0, 0.05) is 25.7 Å². The number of nitrogens with one attached hydrogen (secondary N) is 1. The van der Waals surface area contributed by atoms with Crippen LogP contribution >= 0.6 is 0 Å². The standard InChI is InChI=1S/C16H27N5O/c22-16(17-8-4-9-20-12-18-19-13-20)14-5-3-10-21(11-14)15-6-1-2-7-15/h12-15H,1-11H2,(H,17,22)/t14-/m1/s1. The van der Waals surface area contributed by atoms with Crippen molar-refractivity contribution in [3.05, 3.63) is 12.7 Å². The van der Waals surface area contributed by atoms with Crippen molar-refractivity contribution in [3.8, 4) is 0 Å². The van der Waals surface area contributed by atoms with Crippen molar-refractivity contribution in [1.82, 2.24) is 25.0 Å². The summed E-state index contributed by atoms with van der Waals surface area (Å²) >= 11 is 0. The maximum atomic E-state index is 12.4. The molecular formula is C16H27N5O. The largest absolute Gasteiger partial charge is 0.356 e. The Balaban J connectivity index is 1.37. The van der Waals surface area contributed by atoms with Crippen LogP contribution in [0.15, 0.2) is 12.7 Å². The van der Waals surface area contributed by atoms with Crippen molar-refractivity contribution in [2.75, 3.05) is 19.6 Å². The molecule has 3 rings (SSSR count). The number of hydrogen-bond donors (Lipinski definition) is 1. The fourth-order valence-electron chi connectivity index (χ4n) is 3.78. The van der Waals surface area contributed by atoms with E-state index >= 15 is 0 Å². The van der Waals surface area contributed by atoms with Crippen LogP contribution in [0, 0.1) is 5.92 Å². The molecule has 1 aliphatic carbocycles. The molecule has 6 nitrogen and oxygen atoms in total. The third kappa shape index (κ3) is 4.06. The van der Waals surface area contributed by atoms with Gasteiger partial charge in [0.15, 0.2) is 0 Å². The first-order valence-electron chi connectivity index (χ1n) is 8.67. The molecule has 1 aromatic rings. The van der Waals surface area contributed by atoms with Crippen LogP contribution in [0.2, 0.25) is 0 Å². The van der Waals surface area contributed by atoms with Gasteiger partial charge in [-0.25, -0.2) is 0 Å². The van der Waals surface area contributed by atoms with Crippen LogP contribution in [-0.2, 0) is 11.3 Å². The molecule has 0 aromatic carbocycles. The number of aromatic nitrogens is 3. The molecule has 6 heteroatoms. The first kappa shape index (κ1) is 15.5. The van der Waals surface area contributed by atoms with E-state index < -0.39 is 0 Å². The van der Waals surface area contributed by atoms with Crippen LogP contribution in [0.4, 0.5) is 0 Å². The van der Waals surface area contributed by atoms with Crippen molar-refractivity contribution < 1.29 is 4.79 Å². The Morgan fingerprint density at radius 1 is 1.14 bits per heavy atom. The fourth-order valence-corrected chi connectivity index (χ4v) is 3.78. The summed E-state index contributed by atoms with van der Waals surface area (Å²) in [5, 5.41) is 10.7. The van der Waals surface area contributed by atoms with Crippen LogP contribution in [0.1, 0.15) is 44.9 Å². The summed E-state index contributed by atoms with van der Waals surface area (Å²) in [6.45, 7) is 3.73. The molecule has 0 radical (unpaired) electrons. The monoisotopic (exact) mass is 305 g/mol. The number of amides is 1. The normalized spacial score (nSPS) is 23.7. The summed E-state index contributed by atoms with van der Waals surface area (Å²) in [5.74, 6) is 0.427. The molecule has 1 saturated heterocycles. The zero-order chi connectivity index (χ0) is 15.2. The predicted molar refractivity (Wildman–Crippen MR) is 84.2 cm³/mol. The lowest BCUT2D eigenvalue weighted by molar-refractivity contribution is -0.127. The highest BCUT2D eigenvalue weighted by molar-refractivity contribution is 5.78. The van der Waals surface area contributed by atoms with Crippen LogP contribution in [0.3, 0.4) is 0 Å². The van der Waals surface area contributed by atoms with Crippen molar-refractivity contribution in [1.29, 1.82) is 0 Å². The molecule has 1 N–H and O–H groups in total. The van der Waals surface area contributed by atoms with E-state index in [9.17, 15) is 4.79 Å². The highest BCUT2D eigenvalue weighted by atomic mass is 16.1. The van der Waals surface area contributed by atoms with E-state index in [1.54, 1.807) is 12.7 Å². The number of piperidine rings is 1. The molecule has 2 fully saturated rings. The third-order valence-corrected chi connectivity index (χ3v) is 5.02. The van der Waals surface area contributed by atoms with Gasteiger partial charge < -0.3 is 9.88 Å². The molecule has 1 amide bonds. The molecule has 0 bridgehead atoms. The smallest absolute Gasteiger partial charge is 0.224 e. The van der Waals surface area contributed by atoms with Gasteiger partial charge in [0.2, 0.25) is 5.91 Å². The summed E-state index contributed by atoms with van der Waals surface area (Å²) in [7, 11) is 0. The number of carbonyl (C=O) groups is 1. The molecule has 1 aliphatic heterocycles. The lowest BCUT2D eigenvalue weighted by atomic mass is 9.95.